The second-order valence-corrected chi connectivity index (χ2v) is 4.78. The van der Waals surface area contributed by atoms with E-state index in [-0.39, 0.29) is 5.91 Å². The Bertz CT molecular complexity index is 620. The summed E-state index contributed by atoms with van der Waals surface area (Å²) in [5, 5.41) is 0. The normalized spacial score (nSPS) is 10.3. The van der Waals surface area contributed by atoms with Gasteiger partial charge < -0.3 is 10.6 Å². The smallest absolute Gasteiger partial charge is 0.258 e. The molecule has 0 bridgehead atoms. The minimum absolute atomic E-state index is 0.0459. The van der Waals surface area contributed by atoms with Crippen LogP contribution in [0.1, 0.15) is 21.5 Å². The number of aryl methyl sites for hydroxylation is 2. The number of hydrogen-bond donors (Lipinski definition) is 1. The number of anilines is 2. The average Bonchev–Trinajstić information content (AvgIpc) is 2.40. The van der Waals surface area contributed by atoms with E-state index in [0.29, 0.717) is 11.3 Å². The predicted molar refractivity (Wildman–Crippen MR) is 79.5 cm³/mol. The van der Waals surface area contributed by atoms with E-state index in [0.717, 1.165) is 16.8 Å². The molecular formula is C16H18N2O. The average molecular weight is 254 g/mol. The summed E-state index contributed by atoms with van der Waals surface area (Å²) in [5.41, 5.74) is 9.94. The van der Waals surface area contributed by atoms with Gasteiger partial charge in [0.05, 0.1) is 0 Å². The van der Waals surface area contributed by atoms with E-state index in [1.165, 1.54) is 0 Å². The molecule has 2 aromatic rings. The van der Waals surface area contributed by atoms with Gasteiger partial charge in [0, 0.05) is 24.0 Å². The largest absolute Gasteiger partial charge is 0.399 e. The van der Waals surface area contributed by atoms with E-state index in [4.69, 9.17) is 5.73 Å². The van der Waals surface area contributed by atoms with Crippen molar-refractivity contribution in [1.29, 1.82) is 0 Å². The third-order valence-electron chi connectivity index (χ3n) is 3.19. The minimum atomic E-state index is -0.0459. The number of rotatable bonds is 2. The van der Waals surface area contributed by atoms with Gasteiger partial charge in [-0.2, -0.15) is 0 Å². The number of carbonyl (C=O) groups excluding carboxylic acids is 1. The lowest BCUT2D eigenvalue weighted by atomic mass is 10.1. The highest BCUT2D eigenvalue weighted by Crippen LogP contribution is 2.20. The first kappa shape index (κ1) is 13.1. The molecule has 0 aromatic heterocycles. The third-order valence-corrected chi connectivity index (χ3v) is 3.19. The van der Waals surface area contributed by atoms with Crippen LogP contribution in [0.5, 0.6) is 0 Å². The minimum Gasteiger partial charge on any atom is -0.399 e. The third kappa shape index (κ3) is 2.76. The predicted octanol–water partition coefficient (Wildman–Crippen LogP) is 3.16. The standard InChI is InChI=1S/C16H18N2O/c1-11-5-4-6-14(9-11)18(3)16(19)15-10-13(17)8-7-12(15)2/h4-10H,17H2,1-3H3. The quantitative estimate of drug-likeness (QED) is 0.837. The lowest BCUT2D eigenvalue weighted by Gasteiger charge is -2.19. The highest BCUT2D eigenvalue weighted by Gasteiger charge is 2.15. The number of amides is 1. The van der Waals surface area contributed by atoms with Crippen LogP contribution in [0.25, 0.3) is 0 Å². The van der Waals surface area contributed by atoms with Gasteiger partial charge in [0.1, 0.15) is 0 Å². The molecule has 3 heteroatoms. The number of benzene rings is 2. The maximum Gasteiger partial charge on any atom is 0.258 e. The number of nitrogens with two attached hydrogens (primary N) is 1. The molecule has 0 atom stereocenters. The van der Waals surface area contributed by atoms with E-state index in [1.807, 2.05) is 44.2 Å². The van der Waals surface area contributed by atoms with E-state index >= 15 is 0 Å². The molecule has 2 rings (SSSR count). The zero-order valence-corrected chi connectivity index (χ0v) is 11.5. The summed E-state index contributed by atoms with van der Waals surface area (Å²) >= 11 is 0. The van der Waals surface area contributed by atoms with Crippen molar-refractivity contribution >= 4 is 17.3 Å². The van der Waals surface area contributed by atoms with Crippen LogP contribution in [-0.2, 0) is 0 Å². The van der Waals surface area contributed by atoms with E-state index in [2.05, 4.69) is 0 Å². The molecule has 1 amide bonds. The van der Waals surface area contributed by atoms with Crippen molar-refractivity contribution in [2.75, 3.05) is 17.7 Å². The summed E-state index contributed by atoms with van der Waals surface area (Å²) < 4.78 is 0. The Hall–Kier alpha value is -2.29. The van der Waals surface area contributed by atoms with Gasteiger partial charge in [-0.15, -0.1) is 0 Å². The molecule has 0 saturated heterocycles. The first-order chi connectivity index (χ1) is 8.99. The molecule has 0 fully saturated rings. The number of nitrogens with zero attached hydrogens (tertiary/aromatic N) is 1. The summed E-state index contributed by atoms with van der Waals surface area (Å²) in [5.74, 6) is -0.0459. The zero-order chi connectivity index (χ0) is 14.0. The first-order valence-corrected chi connectivity index (χ1v) is 6.20. The van der Waals surface area contributed by atoms with E-state index < -0.39 is 0 Å². The van der Waals surface area contributed by atoms with Crippen LogP contribution in [0, 0.1) is 13.8 Å². The van der Waals surface area contributed by atoms with E-state index in [1.54, 1.807) is 24.1 Å². The van der Waals surface area contributed by atoms with Crippen LogP contribution in [0.3, 0.4) is 0 Å². The van der Waals surface area contributed by atoms with Gasteiger partial charge in [-0.25, -0.2) is 0 Å². The van der Waals surface area contributed by atoms with E-state index in [9.17, 15) is 4.79 Å². The number of nitrogen functional groups attached to an aromatic ring is 1. The lowest BCUT2D eigenvalue weighted by molar-refractivity contribution is 0.0992. The second kappa shape index (κ2) is 5.14. The summed E-state index contributed by atoms with van der Waals surface area (Å²) in [7, 11) is 1.78. The molecule has 2 N–H and O–H groups in total. The van der Waals surface area contributed by atoms with Crippen molar-refractivity contribution in [3.05, 3.63) is 59.2 Å². The van der Waals surface area contributed by atoms with Gasteiger partial charge >= 0.3 is 0 Å². The highest BCUT2D eigenvalue weighted by atomic mass is 16.2. The zero-order valence-electron chi connectivity index (χ0n) is 11.5. The SMILES string of the molecule is Cc1cccc(N(C)C(=O)c2cc(N)ccc2C)c1. The summed E-state index contributed by atoms with van der Waals surface area (Å²) in [6, 6.07) is 13.3. The van der Waals surface area contributed by atoms with Crippen molar-refractivity contribution in [3.63, 3.8) is 0 Å². The van der Waals surface area contributed by atoms with Crippen LogP contribution in [0.4, 0.5) is 11.4 Å². The van der Waals surface area contributed by atoms with Gasteiger partial charge in [0.2, 0.25) is 0 Å². The fraction of sp³-hybridized carbons (Fsp3) is 0.188. The van der Waals surface area contributed by atoms with Gasteiger partial charge in [-0.05, 0) is 49.2 Å². The van der Waals surface area contributed by atoms with Crippen LogP contribution in [0.2, 0.25) is 0 Å². The topological polar surface area (TPSA) is 46.3 Å². The Morgan fingerprint density at radius 1 is 1.11 bits per heavy atom. The molecule has 98 valence electrons. The summed E-state index contributed by atoms with van der Waals surface area (Å²) in [6.07, 6.45) is 0. The first-order valence-electron chi connectivity index (χ1n) is 6.20. The molecule has 0 aliphatic carbocycles. The molecule has 3 nitrogen and oxygen atoms in total. The number of hydrogen-bond acceptors (Lipinski definition) is 2. The molecule has 19 heavy (non-hydrogen) atoms. The van der Waals surface area contributed by atoms with Crippen LogP contribution in [-0.4, -0.2) is 13.0 Å². The van der Waals surface area contributed by atoms with Crippen LogP contribution in [0.15, 0.2) is 42.5 Å². The molecule has 0 saturated carbocycles. The Morgan fingerprint density at radius 3 is 2.53 bits per heavy atom. The monoisotopic (exact) mass is 254 g/mol. The molecule has 2 aromatic carbocycles. The second-order valence-electron chi connectivity index (χ2n) is 4.78. The molecule has 0 aliphatic rings. The molecule has 0 spiro atoms. The Balaban J connectivity index is 2.36. The Labute approximate surface area is 113 Å². The number of carbonyl (C=O) groups is 1. The van der Waals surface area contributed by atoms with Crippen molar-refractivity contribution in [2.24, 2.45) is 0 Å². The summed E-state index contributed by atoms with van der Waals surface area (Å²) in [4.78, 5) is 14.1. The lowest BCUT2D eigenvalue weighted by Crippen LogP contribution is -2.27. The van der Waals surface area contributed by atoms with Gasteiger partial charge in [0.25, 0.3) is 5.91 Å². The molecule has 0 aliphatic heterocycles. The Kier molecular flexibility index (Phi) is 3.56. The van der Waals surface area contributed by atoms with Gasteiger partial charge in [-0.3, -0.25) is 4.79 Å². The van der Waals surface area contributed by atoms with Crippen molar-refractivity contribution < 1.29 is 4.79 Å². The van der Waals surface area contributed by atoms with Crippen LogP contribution < -0.4 is 10.6 Å². The molecular weight excluding hydrogens is 236 g/mol. The summed E-state index contributed by atoms with van der Waals surface area (Å²) in [6.45, 7) is 3.92. The fourth-order valence-corrected chi connectivity index (χ4v) is 2.00. The van der Waals surface area contributed by atoms with Gasteiger partial charge in [-0.1, -0.05) is 18.2 Å². The fourth-order valence-electron chi connectivity index (χ4n) is 2.00. The Morgan fingerprint density at radius 2 is 1.84 bits per heavy atom. The van der Waals surface area contributed by atoms with Crippen molar-refractivity contribution in [2.45, 2.75) is 13.8 Å². The molecule has 0 radical (unpaired) electrons. The highest BCUT2D eigenvalue weighted by molar-refractivity contribution is 6.07. The maximum absolute atomic E-state index is 12.5. The van der Waals surface area contributed by atoms with Crippen molar-refractivity contribution in [1.82, 2.24) is 0 Å². The van der Waals surface area contributed by atoms with Gasteiger partial charge in [0.15, 0.2) is 0 Å². The van der Waals surface area contributed by atoms with Crippen LogP contribution >= 0.6 is 0 Å². The maximum atomic E-state index is 12.5. The molecule has 0 unspecified atom stereocenters. The van der Waals surface area contributed by atoms with Crippen molar-refractivity contribution in [3.8, 4) is 0 Å². The molecule has 0 heterocycles.